The molecule has 0 spiro atoms. The summed E-state index contributed by atoms with van der Waals surface area (Å²) in [6.45, 7) is 6.56. The maximum Gasteiger partial charge on any atom is 0.306 e. The molecule has 0 aromatic heterocycles. The summed E-state index contributed by atoms with van der Waals surface area (Å²) in [5, 5.41) is 0. The third-order valence-electron chi connectivity index (χ3n) is 11.5. The Morgan fingerprint density at radius 1 is 0.323 bits per heavy atom. The van der Waals surface area contributed by atoms with Crippen LogP contribution in [0.2, 0.25) is 0 Å². The maximum absolute atomic E-state index is 12.8. The summed E-state index contributed by atoms with van der Waals surface area (Å²) in [7, 11) is 0. The summed E-state index contributed by atoms with van der Waals surface area (Å²) in [5.41, 5.74) is 0. The molecule has 0 N–H and O–H groups in total. The van der Waals surface area contributed by atoms with Gasteiger partial charge in [-0.2, -0.15) is 0 Å². The zero-order chi connectivity index (χ0) is 45.1. The van der Waals surface area contributed by atoms with Gasteiger partial charge in [-0.25, -0.2) is 0 Å². The minimum Gasteiger partial charge on any atom is -0.462 e. The van der Waals surface area contributed by atoms with E-state index in [4.69, 9.17) is 14.2 Å². The molecule has 0 aromatic rings. The third-order valence-corrected chi connectivity index (χ3v) is 11.5. The molecule has 0 bridgehead atoms. The van der Waals surface area contributed by atoms with E-state index in [0.29, 0.717) is 19.3 Å². The number of carbonyl (C=O) groups excluding carboxylic acids is 3. The van der Waals surface area contributed by atoms with E-state index in [-0.39, 0.29) is 31.1 Å². The molecule has 0 rings (SSSR count). The molecule has 0 aromatic carbocycles. The van der Waals surface area contributed by atoms with Crippen molar-refractivity contribution in [3.05, 3.63) is 48.6 Å². The Balaban J connectivity index is 4.34. The Bertz CT molecular complexity index is 1090. The van der Waals surface area contributed by atoms with E-state index >= 15 is 0 Å². The minimum atomic E-state index is -0.780. The second kappa shape index (κ2) is 51.0. The van der Waals surface area contributed by atoms with E-state index in [9.17, 15) is 14.4 Å². The molecule has 0 radical (unpaired) electrons. The predicted octanol–water partition coefficient (Wildman–Crippen LogP) is 17.5. The standard InChI is InChI=1S/C56H100O6/c1-4-7-10-13-16-19-22-24-26-27-28-29-30-32-34-37-40-43-46-49-55(58)61-52-53(51-60-54(57)48-45-42-39-36-33-21-18-15-12-9-6-3)62-56(59)50-47-44-41-38-35-31-25-23-20-17-14-11-8-5-2/h15-16,18-19,23-26,53H,4-14,17,20-22,27-52H2,1-3H3/b18-15-,19-16-,25-23-,26-24-. The molecular weight excluding hydrogens is 769 g/mol. The van der Waals surface area contributed by atoms with Gasteiger partial charge in [0.15, 0.2) is 6.10 Å². The molecule has 6 nitrogen and oxygen atoms in total. The molecule has 0 aliphatic rings. The fourth-order valence-corrected chi connectivity index (χ4v) is 7.45. The average Bonchev–Trinajstić information content (AvgIpc) is 3.27. The monoisotopic (exact) mass is 869 g/mol. The van der Waals surface area contributed by atoms with Crippen LogP contribution >= 0.6 is 0 Å². The van der Waals surface area contributed by atoms with Gasteiger partial charge >= 0.3 is 17.9 Å². The molecule has 0 aliphatic carbocycles. The van der Waals surface area contributed by atoms with Gasteiger partial charge in [-0.15, -0.1) is 0 Å². The highest BCUT2D eigenvalue weighted by Gasteiger charge is 2.19. The van der Waals surface area contributed by atoms with Crippen LogP contribution in [0.3, 0.4) is 0 Å². The first-order chi connectivity index (χ1) is 30.5. The number of rotatable bonds is 48. The molecule has 0 heterocycles. The fraction of sp³-hybridized carbons (Fsp3) is 0.804. The van der Waals surface area contributed by atoms with Gasteiger partial charge in [0, 0.05) is 19.3 Å². The number of ether oxygens (including phenoxy) is 3. The lowest BCUT2D eigenvalue weighted by atomic mass is 10.1. The van der Waals surface area contributed by atoms with Gasteiger partial charge < -0.3 is 14.2 Å². The Labute approximate surface area is 384 Å². The Kier molecular flexibility index (Phi) is 48.8. The van der Waals surface area contributed by atoms with Crippen molar-refractivity contribution in [2.75, 3.05) is 13.2 Å². The highest BCUT2D eigenvalue weighted by atomic mass is 16.6. The smallest absolute Gasteiger partial charge is 0.306 e. The lowest BCUT2D eigenvalue weighted by molar-refractivity contribution is -0.167. The van der Waals surface area contributed by atoms with Gasteiger partial charge in [-0.3, -0.25) is 14.4 Å². The number of esters is 3. The molecule has 0 fully saturated rings. The molecule has 0 saturated heterocycles. The Morgan fingerprint density at radius 2 is 0.597 bits per heavy atom. The minimum absolute atomic E-state index is 0.0804. The largest absolute Gasteiger partial charge is 0.462 e. The summed E-state index contributed by atoms with van der Waals surface area (Å²) < 4.78 is 16.8. The number of carbonyl (C=O) groups is 3. The molecule has 1 atom stereocenters. The summed E-state index contributed by atoms with van der Waals surface area (Å²) in [6, 6.07) is 0. The molecule has 1 unspecified atom stereocenters. The second-order valence-corrected chi connectivity index (χ2v) is 17.8. The van der Waals surface area contributed by atoms with Crippen LogP contribution in [0.4, 0.5) is 0 Å². The molecule has 6 heteroatoms. The molecule has 0 aliphatic heterocycles. The average molecular weight is 869 g/mol. The van der Waals surface area contributed by atoms with Crippen molar-refractivity contribution < 1.29 is 28.6 Å². The van der Waals surface area contributed by atoms with Crippen LogP contribution in [0, 0.1) is 0 Å². The normalized spacial score (nSPS) is 12.4. The zero-order valence-electron chi connectivity index (χ0n) is 41.1. The predicted molar refractivity (Wildman–Crippen MR) is 265 cm³/mol. The summed E-state index contributed by atoms with van der Waals surface area (Å²) in [5.74, 6) is -0.896. The van der Waals surface area contributed by atoms with Crippen LogP contribution in [0.15, 0.2) is 48.6 Å². The first kappa shape index (κ1) is 59.4. The van der Waals surface area contributed by atoms with E-state index in [1.54, 1.807) is 0 Å². The first-order valence-electron chi connectivity index (χ1n) is 26.6. The topological polar surface area (TPSA) is 78.9 Å². The summed E-state index contributed by atoms with van der Waals surface area (Å²) in [6.07, 6.45) is 60.9. The number of unbranched alkanes of at least 4 members (excludes halogenated alkanes) is 29. The van der Waals surface area contributed by atoms with Crippen molar-refractivity contribution in [2.24, 2.45) is 0 Å². The molecular formula is C56H100O6. The second-order valence-electron chi connectivity index (χ2n) is 17.8. The molecule has 0 amide bonds. The van der Waals surface area contributed by atoms with Gasteiger partial charge in [0.25, 0.3) is 0 Å². The number of allylic oxidation sites excluding steroid dienone is 8. The highest BCUT2D eigenvalue weighted by molar-refractivity contribution is 5.71. The van der Waals surface area contributed by atoms with Crippen LogP contribution in [-0.4, -0.2) is 37.2 Å². The van der Waals surface area contributed by atoms with Crippen LogP contribution in [0.5, 0.6) is 0 Å². The number of hydrogen-bond acceptors (Lipinski definition) is 6. The van der Waals surface area contributed by atoms with Crippen molar-refractivity contribution in [3.63, 3.8) is 0 Å². The van der Waals surface area contributed by atoms with Crippen molar-refractivity contribution >= 4 is 17.9 Å². The Morgan fingerprint density at radius 3 is 0.984 bits per heavy atom. The summed E-state index contributed by atoms with van der Waals surface area (Å²) >= 11 is 0. The van der Waals surface area contributed by atoms with E-state index in [0.717, 1.165) is 83.5 Å². The highest BCUT2D eigenvalue weighted by Crippen LogP contribution is 2.15. The van der Waals surface area contributed by atoms with Crippen molar-refractivity contribution in [1.29, 1.82) is 0 Å². The Hall–Kier alpha value is -2.63. The lowest BCUT2D eigenvalue weighted by Gasteiger charge is -2.18. The summed E-state index contributed by atoms with van der Waals surface area (Å²) in [4.78, 5) is 38.0. The van der Waals surface area contributed by atoms with Gasteiger partial charge in [0.05, 0.1) is 0 Å². The van der Waals surface area contributed by atoms with Gasteiger partial charge in [0.1, 0.15) is 13.2 Å². The molecule has 62 heavy (non-hydrogen) atoms. The molecule has 0 saturated carbocycles. The van der Waals surface area contributed by atoms with Gasteiger partial charge in [-0.1, -0.05) is 204 Å². The van der Waals surface area contributed by atoms with Crippen molar-refractivity contribution in [1.82, 2.24) is 0 Å². The van der Waals surface area contributed by atoms with E-state index in [1.807, 2.05) is 0 Å². The first-order valence-corrected chi connectivity index (χ1v) is 26.6. The molecule has 360 valence electrons. The third kappa shape index (κ3) is 48.4. The van der Waals surface area contributed by atoms with Crippen molar-refractivity contribution in [2.45, 2.75) is 277 Å². The van der Waals surface area contributed by atoms with Crippen LogP contribution in [-0.2, 0) is 28.6 Å². The zero-order valence-corrected chi connectivity index (χ0v) is 41.1. The fourth-order valence-electron chi connectivity index (χ4n) is 7.45. The lowest BCUT2D eigenvalue weighted by Crippen LogP contribution is -2.30. The van der Waals surface area contributed by atoms with Crippen LogP contribution in [0.25, 0.3) is 0 Å². The van der Waals surface area contributed by atoms with E-state index in [2.05, 4.69) is 69.4 Å². The SMILES string of the molecule is CCCC/C=C\CCCCCCCC(=O)OCC(COC(=O)CCCCCCCCCCC/C=C\C/C=C\CCCCC)OC(=O)CCCCCCC/C=C\CCCCCCC. The van der Waals surface area contributed by atoms with Crippen LogP contribution in [0.1, 0.15) is 271 Å². The maximum atomic E-state index is 12.8. The van der Waals surface area contributed by atoms with E-state index in [1.165, 1.54) is 148 Å². The van der Waals surface area contributed by atoms with Crippen LogP contribution < -0.4 is 0 Å². The van der Waals surface area contributed by atoms with Gasteiger partial charge in [0.2, 0.25) is 0 Å². The number of hydrogen-bond donors (Lipinski definition) is 0. The van der Waals surface area contributed by atoms with Crippen molar-refractivity contribution in [3.8, 4) is 0 Å². The quantitative estimate of drug-likeness (QED) is 0.0262. The van der Waals surface area contributed by atoms with E-state index < -0.39 is 6.10 Å². The van der Waals surface area contributed by atoms with Gasteiger partial charge in [-0.05, 0) is 96.3 Å².